The Morgan fingerprint density at radius 2 is 2.26 bits per heavy atom. The summed E-state index contributed by atoms with van der Waals surface area (Å²) in [5, 5.41) is 3.58. The molecule has 2 heterocycles. The van der Waals surface area contributed by atoms with Gasteiger partial charge in [0.1, 0.15) is 12.1 Å². The number of ether oxygens (including phenoxy) is 1. The molecule has 19 heavy (non-hydrogen) atoms. The first-order chi connectivity index (χ1) is 9.33. The molecule has 5 heteroatoms. The molecule has 0 saturated carbocycles. The number of nitrogens with zero attached hydrogens (tertiary/aromatic N) is 3. The summed E-state index contributed by atoms with van der Waals surface area (Å²) in [5.74, 6) is 1.61. The minimum atomic E-state index is 0.569. The summed E-state index contributed by atoms with van der Waals surface area (Å²) in [6.07, 6.45) is 5.45. The van der Waals surface area contributed by atoms with E-state index in [2.05, 4.69) is 27.1 Å². The van der Waals surface area contributed by atoms with E-state index in [1.807, 2.05) is 13.0 Å². The summed E-state index contributed by atoms with van der Waals surface area (Å²) in [7, 11) is 0. The van der Waals surface area contributed by atoms with Gasteiger partial charge in [-0.25, -0.2) is 9.97 Å². The lowest BCUT2D eigenvalue weighted by molar-refractivity contribution is 0.326. The maximum absolute atomic E-state index is 5.44. The number of nitrogens with one attached hydrogen (secondary N) is 1. The number of aromatic nitrogens is 2. The third-order valence-electron chi connectivity index (χ3n) is 3.48. The molecule has 106 valence electrons. The maximum Gasteiger partial charge on any atom is 0.218 e. The number of hydrogen-bond acceptors (Lipinski definition) is 5. The molecule has 0 radical (unpaired) electrons. The molecule has 0 amide bonds. The van der Waals surface area contributed by atoms with E-state index in [4.69, 9.17) is 4.74 Å². The van der Waals surface area contributed by atoms with E-state index >= 15 is 0 Å². The summed E-state index contributed by atoms with van der Waals surface area (Å²) >= 11 is 0. The van der Waals surface area contributed by atoms with E-state index < -0.39 is 0 Å². The molecule has 1 N–H and O–H groups in total. The molecule has 2 rings (SSSR count). The molecule has 1 unspecified atom stereocenters. The van der Waals surface area contributed by atoms with Crippen LogP contribution < -0.4 is 15.0 Å². The van der Waals surface area contributed by atoms with Crippen LogP contribution in [0.3, 0.4) is 0 Å². The SMILES string of the molecule is CCOc1cc(N(CC)CC2CCCCN2)ncn1. The van der Waals surface area contributed by atoms with Crippen LogP contribution in [0.4, 0.5) is 5.82 Å². The van der Waals surface area contributed by atoms with Gasteiger partial charge in [-0.1, -0.05) is 6.42 Å². The van der Waals surface area contributed by atoms with Crippen LogP contribution >= 0.6 is 0 Å². The fraction of sp³-hybridized carbons (Fsp3) is 0.714. The zero-order valence-electron chi connectivity index (χ0n) is 11.9. The van der Waals surface area contributed by atoms with Gasteiger partial charge in [0.25, 0.3) is 0 Å². The average Bonchev–Trinajstić information content (AvgIpc) is 2.46. The lowest BCUT2D eigenvalue weighted by Gasteiger charge is -2.30. The molecular weight excluding hydrogens is 240 g/mol. The third-order valence-corrected chi connectivity index (χ3v) is 3.48. The van der Waals surface area contributed by atoms with Gasteiger partial charge in [0.15, 0.2) is 0 Å². The van der Waals surface area contributed by atoms with E-state index in [1.54, 1.807) is 6.33 Å². The Morgan fingerprint density at radius 3 is 2.95 bits per heavy atom. The third kappa shape index (κ3) is 4.06. The minimum absolute atomic E-state index is 0.569. The second-order valence-corrected chi connectivity index (χ2v) is 4.83. The number of piperidine rings is 1. The largest absolute Gasteiger partial charge is 0.478 e. The zero-order chi connectivity index (χ0) is 13.5. The van der Waals surface area contributed by atoms with Crippen LogP contribution in [0, 0.1) is 0 Å². The van der Waals surface area contributed by atoms with Gasteiger partial charge in [0.2, 0.25) is 5.88 Å². The molecule has 0 aliphatic carbocycles. The van der Waals surface area contributed by atoms with Crippen molar-refractivity contribution in [2.45, 2.75) is 39.2 Å². The molecule has 1 aliphatic heterocycles. The van der Waals surface area contributed by atoms with Gasteiger partial charge in [-0.2, -0.15) is 0 Å². The molecule has 0 spiro atoms. The van der Waals surface area contributed by atoms with E-state index in [0.29, 0.717) is 18.5 Å². The molecule has 0 bridgehead atoms. The molecule has 5 nitrogen and oxygen atoms in total. The predicted octanol–water partition coefficient (Wildman–Crippen LogP) is 1.84. The molecule has 0 aromatic carbocycles. The van der Waals surface area contributed by atoms with E-state index in [9.17, 15) is 0 Å². The standard InChI is InChI=1S/C14H24N4O/c1-3-18(10-12-7-5-6-8-15-12)13-9-14(19-4-2)17-11-16-13/h9,11-12,15H,3-8,10H2,1-2H3. The highest BCUT2D eigenvalue weighted by molar-refractivity contribution is 5.40. The molecule has 1 aliphatic rings. The number of likely N-dealkylation sites (N-methyl/N-ethyl adjacent to an activating group) is 1. The van der Waals surface area contributed by atoms with Crippen LogP contribution in [0.15, 0.2) is 12.4 Å². The first kappa shape index (κ1) is 14.1. The lowest BCUT2D eigenvalue weighted by atomic mass is 10.0. The fourth-order valence-corrected chi connectivity index (χ4v) is 2.46. The molecule has 1 atom stereocenters. The second-order valence-electron chi connectivity index (χ2n) is 4.83. The second kappa shape index (κ2) is 7.28. The Hall–Kier alpha value is -1.36. The minimum Gasteiger partial charge on any atom is -0.478 e. The van der Waals surface area contributed by atoms with Crippen molar-refractivity contribution >= 4 is 5.82 Å². The highest BCUT2D eigenvalue weighted by Crippen LogP contribution is 2.17. The van der Waals surface area contributed by atoms with Gasteiger partial charge < -0.3 is 15.0 Å². The van der Waals surface area contributed by atoms with E-state index in [0.717, 1.165) is 25.5 Å². The van der Waals surface area contributed by atoms with Gasteiger partial charge in [0, 0.05) is 25.2 Å². The summed E-state index contributed by atoms with van der Waals surface area (Å²) in [6.45, 7) is 7.83. The highest BCUT2D eigenvalue weighted by atomic mass is 16.5. The lowest BCUT2D eigenvalue weighted by Crippen LogP contribution is -2.44. The number of rotatable bonds is 6. The highest BCUT2D eigenvalue weighted by Gasteiger charge is 2.17. The molecule has 1 fully saturated rings. The van der Waals surface area contributed by atoms with Crippen molar-refractivity contribution in [3.8, 4) is 5.88 Å². The van der Waals surface area contributed by atoms with Crippen LogP contribution in [-0.4, -0.2) is 42.3 Å². The van der Waals surface area contributed by atoms with Gasteiger partial charge >= 0.3 is 0 Å². The Morgan fingerprint density at radius 1 is 1.37 bits per heavy atom. The van der Waals surface area contributed by atoms with Crippen molar-refractivity contribution in [2.75, 3.05) is 31.1 Å². The van der Waals surface area contributed by atoms with Crippen molar-refractivity contribution in [3.05, 3.63) is 12.4 Å². The van der Waals surface area contributed by atoms with Gasteiger partial charge in [-0.15, -0.1) is 0 Å². The normalized spacial score (nSPS) is 19.2. The fourth-order valence-electron chi connectivity index (χ4n) is 2.46. The zero-order valence-corrected chi connectivity index (χ0v) is 11.9. The summed E-state index contributed by atoms with van der Waals surface area (Å²) in [6, 6.07) is 2.50. The van der Waals surface area contributed by atoms with Crippen molar-refractivity contribution in [1.82, 2.24) is 15.3 Å². The Kier molecular flexibility index (Phi) is 5.39. The number of anilines is 1. The Bertz CT molecular complexity index is 379. The van der Waals surface area contributed by atoms with Crippen LogP contribution in [0.25, 0.3) is 0 Å². The summed E-state index contributed by atoms with van der Waals surface area (Å²) in [4.78, 5) is 10.8. The Labute approximate surface area is 115 Å². The maximum atomic E-state index is 5.44. The van der Waals surface area contributed by atoms with Gasteiger partial charge in [-0.3, -0.25) is 0 Å². The van der Waals surface area contributed by atoms with Crippen molar-refractivity contribution < 1.29 is 4.74 Å². The van der Waals surface area contributed by atoms with Crippen molar-refractivity contribution in [1.29, 1.82) is 0 Å². The van der Waals surface area contributed by atoms with Crippen LogP contribution in [0.1, 0.15) is 33.1 Å². The van der Waals surface area contributed by atoms with Crippen molar-refractivity contribution in [3.63, 3.8) is 0 Å². The van der Waals surface area contributed by atoms with Gasteiger partial charge in [0.05, 0.1) is 6.61 Å². The molecule has 1 aromatic rings. The average molecular weight is 264 g/mol. The number of hydrogen-bond donors (Lipinski definition) is 1. The molecule has 1 aromatic heterocycles. The van der Waals surface area contributed by atoms with Crippen molar-refractivity contribution in [2.24, 2.45) is 0 Å². The molecular formula is C14H24N4O. The van der Waals surface area contributed by atoms with E-state index in [-0.39, 0.29) is 0 Å². The summed E-state index contributed by atoms with van der Waals surface area (Å²) in [5.41, 5.74) is 0. The predicted molar refractivity (Wildman–Crippen MR) is 76.7 cm³/mol. The van der Waals surface area contributed by atoms with E-state index in [1.165, 1.54) is 19.3 Å². The van der Waals surface area contributed by atoms with Crippen LogP contribution in [0.2, 0.25) is 0 Å². The smallest absolute Gasteiger partial charge is 0.218 e. The van der Waals surface area contributed by atoms with Crippen LogP contribution in [-0.2, 0) is 0 Å². The van der Waals surface area contributed by atoms with Gasteiger partial charge in [-0.05, 0) is 33.2 Å². The van der Waals surface area contributed by atoms with Crippen LogP contribution in [0.5, 0.6) is 5.88 Å². The quantitative estimate of drug-likeness (QED) is 0.849. The Balaban J connectivity index is 2.01. The topological polar surface area (TPSA) is 50.3 Å². The monoisotopic (exact) mass is 264 g/mol. The first-order valence-electron chi connectivity index (χ1n) is 7.26. The summed E-state index contributed by atoms with van der Waals surface area (Å²) < 4.78 is 5.44. The molecule has 1 saturated heterocycles. The first-order valence-corrected chi connectivity index (χ1v) is 7.26.